The first kappa shape index (κ1) is 64.9. The smallest absolute Gasteiger partial charge is 0.252 e. The van der Waals surface area contributed by atoms with Crippen LogP contribution in [0.15, 0.2) is 334 Å². The highest BCUT2D eigenvalue weighted by Crippen LogP contribution is 2.55. The van der Waals surface area contributed by atoms with Gasteiger partial charge in [-0.1, -0.05) is 311 Å². The molecule has 5 heterocycles. The summed E-state index contributed by atoms with van der Waals surface area (Å²) in [5.74, 6) is 0. The van der Waals surface area contributed by atoms with Gasteiger partial charge in [0.05, 0.1) is 44.5 Å². The molecule has 20 rings (SSSR count). The second-order valence-electron chi connectivity index (χ2n) is 32.8. The number of hydrogen-bond acceptors (Lipinski definition) is 2. The van der Waals surface area contributed by atoms with E-state index in [1.165, 1.54) is 87.5 Å². The maximum atomic E-state index is 2.72. The van der Waals surface area contributed by atoms with E-state index in [0.717, 1.165) is 107 Å². The van der Waals surface area contributed by atoms with E-state index in [-0.39, 0.29) is 23.0 Å². The third-order valence-electron chi connectivity index (χ3n) is 23.3. The number of aromatic nitrogens is 3. The van der Waals surface area contributed by atoms with Crippen molar-refractivity contribution < 1.29 is 0 Å². The normalized spacial score (nSPS) is 13.0. The van der Waals surface area contributed by atoms with Crippen molar-refractivity contribution in [3.05, 3.63) is 350 Å². The molecule has 3 aromatic heterocycles. The molecule has 2 aliphatic heterocycles. The zero-order valence-electron chi connectivity index (χ0n) is 62.6. The summed E-state index contributed by atoms with van der Waals surface area (Å²) in [4.78, 5) is 5.43. The number of benzene rings is 15. The summed E-state index contributed by atoms with van der Waals surface area (Å²) in [5.41, 5.74) is 33.3. The van der Waals surface area contributed by atoms with Gasteiger partial charge in [-0.3, -0.25) is 0 Å². The Labute approximate surface area is 632 Å². The van der Waals surface area contributed by atoms with Crippen LogP contribution in [0.2, 0.25) is 0 Å². The van der Waals surface area contributed by atoms with Crippen molar-refractivity contribution in [1.29, 1.82) is 0 Å². The van der Waals surface area contributed by atoms with Crippen LogP contribution in [0.4, 0.5) is 34.1 Å². The van der Waals surface area contributed by atoms with Crippen LogP contribution in [-0.4, -0.2) is 20.4 Å². The predicted molar refractivity (Wildman–Crippen MR) is 461 cm³/mol. The van der Waals surface area contributed by atoms with E-state index in [0.29, 0.717) is 0 Å². The van der Waals surface area contributed by atoms with E-state index < -0.39 is 0 Å². The molecule has 0 radical (unpaired) electrons. The molecule has 108 heavy (non-hydrogen) atoms. The molecular weight excluding hydrogens is 1310 g/mol. The Morgan fingerprint density at radius 1 is 0.231 bits per heavy atom. The lowest BCUT2D eigenvalue weighted by molar-refractivity contribution is 0.590. The molecule has 18 aromatic rings. The summed E-state index contributed by atoms with van der Waals surface area (Å²) in [5, 5.41) is 7.36. The second kappa shape index (κ2) is 24.5. The van der Waals surface area contributed by atoms with Gasteiger partial charge in [0.2, 0.25) is 0 Å². The maximum absolute atomic E-state index is 2.72. The van der Waals surface area contributed by atoms with Gasteiger partial charge in [-0.2, -0.15) is 0 Å². The minimum absolute atomic E-state index is 0.0592. The van der Waals surface area contributed by atoms with E-state index in [2.05, 4.69) is 419 Å². The zero-order chi connectivity index (χ0) is 73.1. The molecule has 2 aliphatic rings. The summed E-state index contributed by atoms with van der Waals surface area (Å²) in [6.07, 6.45) is 0. The topological polar surface area (TPSA) is 21.3 Å². The summed E-state index contributed by atoms with van der Waals surface area (Å²) < 4.78 is 7.65. The monoisotopic (exact) mass is 1390 g/mol. The minimum Gasteiger partial charge on any atom is -0.310 e. The molecule has 5 nitrogen and oxygen atoms in total. The fourth-order valence-corrected chi connectivity index (χ4v) is 18.0. The predicted octanol–water partition coefficient (Wildman–Crippen LogP) is 25.6. The average Bonchev–Trinajstić information content (AvgIpc) is 0.781. The third kappa shape index (κ3) is 10.1. The first-order valence-electron chi connectivity index (χ1n) is 38.2. The van der Waals surface area contributed by atoms with Crippen molar-refractivity contribution in [2.24, 2.45) is 0 Å². The molecule has 0 saturated heterocycles. The highest BCUT2D eigenvalue weighted by molar-refractivity contribution is 7.00. The molecule has 6 heteroatoms. The SMILES string of the molecule is CC(C)(C)c1cc2c3c(c1)N(c1c(-c4ccccc4)cccc1-c1ccccc1)c1cc(-n4c5ccccc5c5ccc6c7ccccc7n(-c7ccccc7)c6c54)ccc1B3c1ccc(-n3c4ccc(C(C)(C)C)cc4c4cc(C(C)(C)C)ccc43)cc1N2c1c(-c2ccccc2)cccc1-c1ccccc1. The molecule has 0 amide bonds. The van der Waals surface area contributed by atoms with Gasteiger partial charge in [-0.05, 0) is 157 Å². The molecular formula is C102H82BN5. The Morgan fingerprint density at radius 3 is 0.963 bits per heavy atom. The van der Waals surface area contributed by atoms with E-state index in [9.17, 15) is 0 Å². The Bertz CT molecular complexity index is 6470. The van der Waals surface area contributed by atoms with Crippen molar-refractivity contribution in [3.8, 4) is 61.6 Å². The molecule has 518 valence electrons. The van der Waals surface area contributed by atoms with Crippen molar-refractivity contribution in [3.63, 3.8) is 0 Å². The molecule has 0 fully saturated rings. The second-order valence-corrected chi connectivity index (χ2v) is 32.8. The van der Waals surface area contributed by atoms with E-state index >= 15 is 0 Å². The summed E-state index contributed by atoms with van der Waals surface area (Å²) in [7, 11) is 0. The lowest BCUT2D eigenvalue weighted by atomic mass is 9.33. The summed E-state index contributed by atoms with van der Waals surface area (Å²) >= 11 is 0. The first-order valence-corrected chi connectivity index (χ1v) is 38.2. The van der Waals surface area contributed by atoms with Gasteiger partial charge in [-0.15, -0.1) is 0 Å². The van der Waals surface area contributed by atoms with Gasteiger partial charge in [0.15, 0.2) is 0 Å². The summed E-state index contributed by atoms with van der Waals surface area (Å²) in [6.45, 7) is 20.9. The van der Waals surface area contributed by atoms with E-state index in [1.807, 2.05) is 0 Å². The quantitative estimate of drug-likeness (QED) is 0.134. The number of para-hydroxylation sites is 5. The Balaban J connectivity index is 0.953. The maximum Gasteiger partial charge on any atom is 0.252 e. The van der Waals surface area contributed by atoms with Gasteiger partial charge < -0.3 is 23.5 Å². The van der Waals surface area contributed by atoms with Crippen LogP contribution in [0.25, 0.3) is 127 Å². The third-order valence-corrected chi connectivity index (χ3v) is 23.3. The van der Waals surface area contributed by atoms with Gasteiger partial charge in [0.25, 0.3) is 6.71 Å². The highest BCUT2D eigenvalue weighted by atomic mass is 15.2. The molecule has 0 aliphatic carbocycles. The lowest BCUT2D eigenvalue weighted by Crippen LogP contribution is -2.61. The van der Waals surface area contributed by atoms with E-state index in [1.54, 1.807) is 0 Å². The molecule has 0 spiro atoms. The van der Waals surface area contributed by atoms with Gasteiger partial charge in [0.1, 0.15) is 0 Å². The number of anilines is 6. The number of rotatable bonds is 9. The highest BCUT2D eigenvalue weighted by Gasteiger charge is 2.46. The fraction of sp³-hybridized carbons (Fsp3) is 0.118. The van der Waals surface area contributed by atoms with Crippen LogP contribution in [0, 0.1) is 0 Å². The molecule has 0 bridgehead atoms. The van der Waals surface area contributed by atoms with Crippen LogP contribution in [0.3, 0.4) is 0 Å². The Hall–Kier alpha value is -12.6. The van der Waals surface area contributed by atoms with Crippen LogP contribution in [0.5, 0.6) is 0 Å². The largest absolute Gasteiger partial charge is 0.310 e. The molecule has 15 aromatic carbocycles. The molecule has 0 N–H and O–H groups in total. The Morgan fingerprint density at radius 2 is 0.574 bits per heavy atom. The number of nitrogens with zero attached hydrogens (tertiary/aromatic N) is 5. The Kier molecular flexibility index (Phi) is 14.7. The number of fused-ring (bicyclic) bond motifs is 14. The first-order chi connectivity index (χ1) is 52.5. The summed E-state index contributed by atoms with van der Waals surface area (Å²) in [6, 6.07) is 127. The fourth-order valence-electron chi connectivity index (χ4n) is 18.0. The minimum atomic E-state index is -0.336. The standard InChI is InChI=1S/C102H82BN5/c1-100(2,3)69-49-57-89-83(59-69)84-60-70(101(4,5)6)50-58-90(84)104(89)73-51-55-85-91(63-73)107(96-75(65-31-15-10-16-32-65)43-29-44-76(96)66-33-17-11-18-34-66)93-61-71(102(7,8)9)62-94-95(93)103(85)86-56-52-74(64-92(86)108(94)97-77(67-35-19-12-20-36-67)45-30-46-78(97)68-37-21-13-22-38-68)106-88-48-28-26-42-80(88)82-54-53-81-79-41-25-27-47-87(79)105(98(81)99(82)106)72-39-23-14-24-40-72/h10-64H,1-9H3. The molecule has 0 saturated carbocycles. The lowest BCUT2D eigenvalue weighted by Gasteiger charge is -2.46. The van der Waals surface area contributed by atoms with Crippen molar-refractivity contribution >= 4 is 123 Å². The van der Waals surface area contributed by atoms with Crippen LogP contribution in [0.1, 0.15) is 79.0 Å². The number of hydrogen-bond donors (Lipinski definition) is 0. The molecule has 0 atom stereocenters. The molecule has 0 unspecified atom stereocenters. The average molecular weight is 1390 g/mol. The van der Waals surface area contributed by atoms with Crippen molar-refractivity contribution in [2.45, 2.75) is 78.6 Å². The van der Waals surface area contributed by atoms with E-state index in [4.69, 9.17) is 0 Å². The van der Waals surface area contributed by atoms with Crippen LogP contribution >= 0.6 is 0 Å². The van der Waals surface area contributed by atoms with Crippen LogP contribution in [-0.2, 0) is 16.2 Å². The van der Waals surface area contributed by atoms with Crippen LogP contribution < -0.4 is 26.2 Å². The van der Waals surface area contributed by atoms with Gasteiger partial charge in [-0.25, -0.2) is 0 Å². The van der Waals surface area contributed by atoms with Gasteiger partial charge >= 0.3 is 0 Å². The van der Waals surface area contributed by atoms with Crippen molar-refractivity contribution in [2.75, 3.05) is 9.80 Å². The van der Waals surface area contributed by atoms with Crippen molar-refractivity contribution in [1.82, 2.24) is 13.7 Å². The zero-order valence-corrected chi connectivity index (χ0v) is 62.6. The van der Waals surface area contributed by atoms with Gasteiger partial charge in [0, 0.05) is 94.4 Å².